The van der Waals surface area contributed by atoms with E-state index in [9.17, 15) is 9.59 Å². The predicted molar refractivity (Wildman–Crippen MR) is 104 cm³/mol. The van der Waals surface area contributed by atoms with Crippen LogP contribution in [0.5, 0.6) is 5.75 Å². The Kier molecular flexibility index (Phi) is 5.84. The Hall–Kier alpha value is -2.76. The SMILES string of the molecule is Cc1cc(C(=O)N2CCN(C(=O)Cc3ccc[nH]3)CC2)ccc1OC(C)C. The molecular formula is C21H27N3O3. The van der Waals surface area contributed by atoms with E-state index in [0.29, 0.717) is 38.2 Å². The fourth-order valence-electron chi connectivity index (χ4n) is 3.26. The lowest BCUT2D eigenvalue weighted by Crippen LogP contribution is -2.51. The Labute approximate surface area is 160 Å². The fourth-order valence-corrected chi connectivity index (χ4v) is 3.26. The Morgan fingerprint density at radius 3 is 2.41 bits per heavy atom. The van der Waals surface area contributed by atoms with Crippen molar-refractivity contribution in [3.63, 3.8) is 0 Å². The number of ether oxygens (including phenoxy) is 1. The van der Waals surface area contributed by atoms with Gasteiger partial charge in [0.2, 0.25) is 5.91 Å². The van der Waals surface area contributed by atoms with Crippen LogP contribution in [0.25, 0.3) is 0 Å². The number of aromatic amines is 1. The summed E-state index contributed by atoms with van der Waals surface area (Å²) in [5, 5.41) is 0. The largest absolute Gasteiger partial charge is 0.491 e. The molecule has 1 fully saturated rings. The molecule has 1 aliphatic rings. The van der Waals surface area contributed by atoms with E-state index in [-0.39, 0.29) is 17.9 Å². The zero-order valence-corrected chi connectivity index (χ0v) is 16.2. The number of aromatic nitrogens is 1. The van der Waals surface area contributed by atoms with Crippen LogP contribution in [0.15, 0.2) is 36.5 Å². The first-order valence-electron chi connectivity index (χ1n) is 9.40. The monoisotopic (exact) mass is 369 g/mol. The number of rotatable bonds is 5. The summed E-state index contributed by atoms with van der Waals surface area (Å²) in [4.78, 5) is 31.9. The van der Waals surface area contributed by atoms with Crippen LogP contribution < -0.4 is 4.74 Å². The van der Waals surface area contributed by atoms with Gasteiger partial charge in [0.25, 0.3) is 5.91 Å². The normalized spacial score (nSPS) is 14.5. The minimum absolute atomic E-state index is 0.00524. The zero-order valence-electron chi connectivity index (χ0n) is 16.2. The first-order valence-corrected chi connectivity index (χ1v) is 9.40. The molecule has 6 nitrogen and oxygen atoms in total. The van der Waals surface area contributed by atoms with E-state index in [1.54, 1.807) is 0 Å². The highest BCUT2D eigenvalue weighted by Crippen LogP contribution is 2.21. The van der Waals surface area contributed by atoms with Gasteiger partial charge in [-0.05, 0) is 56.7 Å². The zero-order chi connectivity index (χ0) is 19.4. The standard InChI is InChI=1S/C21H27N3O3/c1-15(2)27-19-7-6-17(13-16(19)3)21(26)24-11-9-23(10-12-24)20(25)14-18-5-4-8-22-18/h4-8,13,15,22H,9-12,14H2,1-3H3. The summed E-state index contributed by atoms with van der Waals surface area (Å²) in [7, 11) is 0. The number of carbonyl (C=O) groups excluding carboxylic acids is 2. The van der Waals surface area contributed by atoms with Crippen molar-refractivity contribution in [1.29, 1.82) is 0 Å². The summed E-state index contributed by atoms with van der Waals surface area (Å²) in [5.41, 5.74) is 2.53. The van der Waals surface area contributed by atoms with Crippen LogP contribution >= 0.6 is 0 Å². The van der Waals surface area contributed by atoms with Gasteiger partial charge >= 0.3 is 0 Å². The molecule has 0 saturated carbocycles. The van der Waals surface area contributed by atoms with Gasteiger partial charge in [0.15, 0.2) is 0 Å². The third-order valence-corrected chi connectivity index (χ3v) is 4.71. The number of benzene rings is 1. The summed E-state index contributed by atoms with van der Waals surface area (Å²) < 4.78 is 5.74. The lowest BCUT2D eigenvalue weighted by atomic mass is 10.1. The molecular weight excluding hydrogens is 342 g/mol. The van der Waals surface area contributed by atoms with Crippen LogP contribution in [0.4, 0.5) is 0 Å². The van der Waals surface area contributed by atoms with Gasteiger partial charge in [-0.3, -0.25) is 9.59 Å². The molecule has 3 rings (SSSR count). The highest BCUT2D eigenvalue weighted by Gasteiger charge is 2.25. The third-order valence-electron chi connectivity index (χ3n) is 4.71. The summed E-state index contributed by atoms with van der Waals surface area (Å²) in [6.07, 6.45) is 2.29. The molecule has 2 aromatic rings. The number of nitrogens with one attached hydrogen (secondary N) is 1. The van der Waals surface area contributed by atoms with Crippen LogP contribution in [0, 0.1) is 6.92 Å². The van der Waals surface area contributed by atoms with Crippen molar-refractivity contribution in [1.82, 2.24) is 14.8 Å². The number of amides is 2. The molecule has 1 saturated heterocycles. The Morgan fingerprint density at radius 2 is 1.81 bits per heavy atom. The number of carbonyl (C=O) groups is 2. The molecule has 144 valence electrons. The Morgan fingerprint density at radius 1 is 1.11 bits per heavy atom. The Bertz CT molecular complexity index is 791. The van der Waals surface area contributed by atoms with Gasteiger partial charge in [0.05, 0.1) is 12.5 Å². The number of piperazine rings is 1. The topological polar surface area (TPSA) is 65.6 Å². The third kappa shape index (κ3) is 4.70. The lowest BCUT2D eigenvalue weighted by Gasteiger charge is -2.35. The van der Waals surface area contributed by atoms with E-state index in [0.717, 1.165) is 17.0 Å². The Balaban J connectivity index is 1.56. The molecule has 1 N–H and O–H groups in total. The molecule has 2 heterocycles. The lowest BCUT2D eigenvalue weighted by molar-refractivity contribution is -0.132. The molecule has 27 heavy (non-hydrogen) atoms. The van der Waals surface area contributed by atoms with Gasteiger partial charge in [-0.1, -0.05) is 0 Å². The van der Waals surface area contributed by atoms with Crippen LogP contribution in [-0.2, 0) is 11.2 Å². The van der Waals surface area contributed by atoms with E-state index in [1.165, 1.54) is 0 Å². The maximum atomic E-state index is 12.8. The molecule has 1 aliphatic heterocycles. The van der Waals surface area contributed by atoms with Gasteiger partial charge in [-0.2, -0.15) is 0 Å². The van der Waals surface area contributed by atoms with Crippen molar-refractivity contribution in [2.45, 2.75) is 33.3 Å². The van der Waals surface area contributed by atoms with E-state index >= 15 is 0 Å². The van der Waals surface area contributed by atoms with E-state index in [4.69, 9.17) is 4.74 Å². The van der Waals surface area contributed by atoms with E-state index < -0.39 is 0 Å². The number of aryl methyl sites for hydroxylation is 1. The number of hydrogen-bond acceptors (Lipinski definition) is 3. The molecule has 1 aromatic heterocycles. The maximum Gasteiger partial charge on any atom is 0.253 e. The van der Waals surface area contributed by atoms with Crippen LogP contribution in [0.1, 0.15) is 35.5 Å². The summed E-state index contributed by atoms with van der Waals surface area (Å²) >= 11 is 0. The molecule has 1 aromatic carbocycles. The minimum Gasteiger partial charge on any atom is -0.491 e. The van der Waals surface area contributed by atoms with Crippen LogP contribution in [0.2, 0.25) is 0 Å². The minimum atomic E-state index is 0.00524. The average Bonchev–Trinajstić information content (AvgIpc) is 3.15. The van der Waals surface area contributed by atoms with E-state index in [2.05, 4.69) is 4.98 Å². The summed E-state index contributed by atoms with van der Waals surface area (Å²) in [6, 6.07) is 9.35. The predicted octanol–water partition coefficient (Wildman–Crippen LogP) is 2.64. The number of nitrogens with zero attached hydrogens (tertiary/aromatic N) is 2. The molecule has 0 bridgehead atoms. The first-order chi connectivity index (χ1) is 12.9. The van der Waals surface area contributed by atoms with Crippen molar-refractivity contribution in [2.75, 3.05) is 26.2 Å². The molecule has 6 heteroatoms. The number of hydrogen-bond donors (Lipinski definition) is 1. The second-order valence-electron chi connectivity index (χ2n) is 7.19. The molecule has 0 unspecified atom stereocenters. The van der Waals surface area contributed by atoms with Crippen molar-refractivity contribution in [3.8, 4) is 5.75 Å². The van der Waals surface area contributed by atoms with Crippen LogP contribution in [-0.4, -0.2) is 58.9 Å². The van der Waals surface area contributed by atoms with Gasteiger partial charge in [0, 0.05) is 43.6 Å². The second kappa shape index (κ2) is 8.29. The van der Waals surface area contributed by atoms with Crippen molar-refractivity contribution in [3.05, 3.63) is 53.3 Å². The van der Waals surface area contributed by atoms with Gasteiger partial charge in [-0.15, -0.1) is 0 Å². The number of H-pyrrole nitrogens is 1. The first kappa shape index (κ1) is 19.0. The molecule has 2 amide bonds. The average molecular weight is 369 g/mol. The quantitative estimate of drug-likeness (QED) is 0.881. The molecule has 0 spiro atoms. The van der Waals surface area contributed by atoms with Gasteiger partial charge < -0.3 is 19.5 Å². The maximum absolute atomic E-state index is 12.8. The summed E-state index contributed by atoms with van der Waals surface area (Å²) in [6.45, 7) is 8.16. The highest BCUT2D eigenvalue weighted by molar-refractivity contribution is 5.94. The molecule has 0 atom stereocenters. The van der Waals surface area contributed by atoms with Crippen molar-refractivity contribution in [2.24, 2.45) is 0 Å². The van der Waals surface area contributed by atoms with Crippen molar-refractivity contribution >= 4 is 11.8 Å². The fraction of sp³-hybridized carbons (Fsp3) is 0.429. The molecule has 0 radical (unpaired) electrons. The van der Waals surface area contributed by atoms with Crippen molar-refractivity contribution < 1.29 is 14.3 Å². The second-order valence-corrected chi connectivity index (χ2v) is 7.19. The molecule has 0 aliphatic carbocycles. The van der Waals surface area contributed by atoms with Gasteiger partial charge in [-0.25, -0.2) is 0 Å². The van der Waals surface area contributed by atoms with Crippen LogP contribution in [0.3, 0.4) is 0 Å². The smallest absolute Gasteiger partial charge is 0.253 e. The van der Waals surface area contributed by atoms with Gasteiger partial charge in [0.1, 0.15) is 5.75 Å². The van der Waals surface area contributed by atoms with E-state index in [1.807, 2.05) is 67.1 Å². The summed E-state index contributed by atoms with van der Waals surface area (Å²) in [5.74, 6) is 0.905. The highest BCUT2D eigenvalue weighted by atomic mass is 16.5.